The second kappa shape index (κ2) is 3.32. The molecule has 0 fully saturated rings. The molecule has 0 aliphatic rings. The fourth-order valence-corrected chi connectivity index (χ4v) is 0.760. The van der Waals surface area contributed by atoms with Gasteiger partial charge in [0.25, 0.3) is 6.23 Å². The van der Waals surface area contributed by atoms with E-state index in [-0.39, 0.29) is 0 Å². The van der Waals surface area contributed by atoms with Crippen LogP contribution < -0.4 is 4.57 Å². The number of aliphatic hydroxyl groups excluding tert-OH is 1. The Kier molecular flexibility index (Phi) is 2.40. The first-order valence-electron chi connectivity index (χ1n) is 3.27. The average Bonchev–Trinajstić information content (AvgIpc) is 2.05. The largest absolute Gasteiger partial charge is 0.337 e. The van der Waals surface area contributed by atoms with Crippen molar-refractivity contribution in [2.45, 2.75) is 12.6 Å². The van der Waals surface area contributed by atoms with Crippen molar-refractivity contribution < 1.29 is 9.67 Å². The third-order valence-electron chi connectivity index (χ3n) is 1.34. The van der Waals surface area contributed by atoms with Crippen LogP contribution in [0.5, 0.6) is 0 Å². The van der Waals surface area contributed by atoms with Crippen molar-refractivity contribution in [3.63, 3.8) is 0 Å². The lowest BCUT2D eigenvalue weighted by Crippen LogP contribution is -2.37. The van der Waals surface area contributed by atoms with Gasteiger partial charge < -0.3 is 5.11 Å². The van der Waals surface area contributed by atoms with Crippen LogP contribution in [0, 0.1) is 6.92 Å². The molecule has 1 rings (SSSR count). The highest BCUT2D eigenvalue weighted by Gasteiger charge is 2.08. The third-order valence-corrected chi connectivity index (χ3v) is 1.34. The highest BCUT2D eigenvalue weighted by Crippen LogP contribution is 1.93. The lowest BCUT2D eigenvalue weighted by molar-refractivity contribution is -0.759. The van der Waals surface area contributed by atoms with E-state index in [0.717, 1.165) is 0 Å². The maximum atomic E-state index is 9.23. The predicted molar refractivity (Wildman–Crippen MR) is 37.9 cm³/mol. The van der Waals surface area contributed by atoms with Crippen molar-refractivity contribution in [1.29, 1.82) is 0 Å². The minimum absolute atomic E-state index is 0.485. The van der Waals surface area contributed by atoms with Gasteiger partial charge in [0.15, 0.2) is 12.4 Å². The first-order chi connectivity index (χ1) is 4.84. The molecule has 2 nitrogen and oxygen atoms in total. The predicted octanol–water partition coefficient (Wildman–Crippen LogP) is 0.689. The molecule has 53 valence electrons. The van der Waals surface area contributed by atoms with Gasteiger partial charge in [0, 0.05) is 18.6 Å². The van der Waals surface area contributed by atoms with Crippen molar-refractivity contribution in [2.75, 3.05) is 0 Å². The van der Waals surface area contributed by atoms with E-state index in [4.69, 9.17) is 0 Å². The van der Waals surface area contributed by atoms with Gasteiger partial charge in [-0.25, -0.2) is 0 Å². The first kappa shape index (κ1) is 7.22. The molecular formula is C8H11NO+. The molecule has 0 spiro atoms. The van der Waals surface area contributed by atoms with E-state index in [1.54, 1.807) is 4.57 Å². The quantitative estimate of drug-likeness (QED) is 0.596. The molecule has 0 saturated carbocycles. The fourth-order valence-electron chi connectivity index (χ4n) is 0.760. The zero-order valence-corrected chi connectivity index (χ0v) is 5.77. The maximum absolute atomic E-state index is 9.23. The Labute approximate surface area is 60.8 Å². The van der Waals surface area contributed by atoms with Gasteiger partial charge in [-0.05, 0) is 6.92 Å². The zero-order chi connectivity index (χ0) is 7.40. The van der Waals surface area contributed by atoms with Crippen LogP contribution in [0.2, 0.25) is 0 Å². The summed E-state index contributed by atoms with van der Waals surface area (Å²) in [6, 6.07) is 5.66. The maximum Gasteiger partial charge on any atom is 0.259 e. The van der Waals surface area contributed by atoms with E-state index >= 15 is 0 Å². The van der Waals surface area contributed by atoms with Gasteiger partial charge in [-0.2, -0.15) is 4.57 Å². The van der Waals surface area contributed by atoms with Gasteiger partial charge in [-0.3, -0.25) is 0 Å². The van der Waals surface area contributed by atoms with E-state index in [9.17, 15) is 5.11 Å². The second-order valence-electron chi connectivity index (χ2n) is 2.09. The second-order valence-corrected chi connectivity index (χ2v) is 2.09. The number of aliphatic hydroxyl groups is 1. The molecule has 1 aromatic rings. The Hall–Kier alpha value is -0.890. The summed E-state index contributed by atoms with van der Waals surface area (Å²) in [7, 11) is 0. The molecule has 1 heterocycles. The fraction of sp³-hybridized carbons (Fsp3) is 0.250. The molecular weight excluding hydrogens is 126 g/mol. The van der Waals surface area contributed by atoms with Crippen LogP contribution in [0.4, 0.5) is 0 Å². The summed E-state index contributed by atoms with van der Waals surface area (Å²) in [5, 5.41) is 9.23. The molecule has 0 aliphatic heterocycles. The highest BCUT2D eigenvalue weighted by molar-refractivity contribution is 4.83. The van der Waals surface area contributed by atoms with Crippen LogP contribution >= 0.6 is 0 Å². The molecule has 0 amide bonds. The van der Waals surface area contributed by atoms with Crippen LogP contribution in [0.1, 0.15) is 12.6 Å². The first-order valence-corrected chi connectivity index (χ1v) is 3.27. The van der Waals surface area contributed by atoms with E-state index in [0.29, 0.717) is 6.42 Å². The van der Waals surface area contributed by atoms with E-state index in [1.165, 1.54) is 0 Å². The summed E-state index contributed by atoms with van der Waals surface area (Å²) in [6.45, 7) is 3.59. The summed E-state index contributed by atoms with van der Waals surface area (Å²) >= 11 is 0. The van der Waals surface area contributed by atoms with Crippen molar-refractivity contribution in [1.82, 2.24) is 0 Å². The van der Waals surface area contributed by atoms with Crippen LogP contribution in [-0.2, 0) is 0 Å². The molecule has 1 unspecified atom stereocenters. The highest BCUT2D eigenvalue weighted by atomic mass is 16.3. The van der Waals surface area contributed by atoms with Gasteiger partial charge in [0.05, 0.1) is 0 Å². The van der Waals surface area contributed by atoms with Gasteiger partial charge in [-0.1, -0.05) is 6.07 Å². The minimum Gasteiger partial charge on any atom is -0.337 e. The normalized spacial score (nSPS) is 13.0. The van der Waals surface area contributed by atoms with E-state index < -0.39 is 6.23 Å². The Morgan fingerprint density at radius 2 is 1.90 bits per heavy atom. The van der Waals surface area contributed by atoms with E-state index in [1.807, 2.05) is 30.6 Å². The van der Waals surface area contributed by atoms with E-state index in [2.05, 4.69) is 6.92 Å². The van der Waals surface area contributed by atoms with Crippen molar-refractivity contribution in [3.8, 4) is 0 Å². The van der Waals surface area contributed by atoms with Gasteiger partial charge >= 0.3 is 0 Å². The van der Waals surface area contributed by atoms with Crippen LogP contribution in [-0.4, -0.2) is 5.11 Å². The molecule has 0 saturated heterocycles. The lowest BCUT2D eigenvalue weighted by atomic mass is 10.4. The molecule has 1 atom stereocenters. The summed E-state index contributed by atoms with van der Waals surface area (Å²) < 4.78 is 1.72. The Bertz CT molecular complexity index is 186. The van der Waals surface area contributed by atoms with Gasteiger partial charge in [0.2, 0.25) is 0 Å². The number of rotatable bonds is 2. The summed E-state index contributed by atoms with van der Waals surface area (Å²) in [6.07, 6.45) is 3.64. The molecule has 1 aromatic heterocycles. The third kappa shape index (κ3) is 1.54. The van der Waals surface area contributed by atoms with Crippen molar-refractivity contribution in [2.24, 2.45) is 0 Å². The monoisotopic (exact) mass is 137 g/mol. The standard InChI is InChI=1S/C8H11NO/c1-2-8(10)9-6-4-3-5-7-9/h3-8,10H,1-2H2/q+1. The van der Waals surface area contributed by atoms with Gasteiger partial charge in [0.1, 0.15) is 0 Å². The SMILES string of the molecule is [CH2]CC(O)[n+]1ccccc1. The van der Waals surface area contributed by atoms with Crippen LogP contribution in [0.25, 0.3) is 0 Å². The average molecular weight is 137 g/mol. The number of hydrogen-bond acceptors (Lipinski definition) is 1. The summed E-state index contributed by atoms with van der Waals surface area (Å²) in [4.78, 5) is 0. The molecule has 0 aliphatic carbocycles. The number of nitrogens with zero attached hydrogens (tertiary/aromatic N) is 1. The summed E-state index contributed by atoms with van der Waals surface area (Å²) in [5.74, 6) is 0. The Morgan fingerprint density at radius 3 is 2.40 bits per heavy atom. The zero-order valence-electron chi connectivity index (χ0n) is 5.77. The van der Waals surface area contributed by atoms with Crippen molar-refractivity contribution in [3.05, 3.63) is 37.5 Å². The Balaban J connectivity index is 2.75. The summed E-state index contributed by atoms with van der Waals surface area (Å²) in [5.41, 5.74) is 0. The molecule has 0 aromatic carbocycles. The number of aromatic nitrogens is 1. The van der Waals surface area contributed by atoms with Crippen LogP contribution in [0.15, 0.2) is 30.6 Å². The molecule has 2 heteroatoms. The lowest BCUT2D eigenvalue weighted by Gasteiger charge is -1.99. The van der Waals surface area contributed by atoms with Crippen LogP contribution in [0.3, 0.4) is 0 Å². The Morgan fingerprint density at radius 1 is 1.30 bits per heavy atom. The topological polar surface area (TPSA) is 24.1 Å². The minimum atomic E-state index is -0.485. The number of hydrogen-bond donors (Lipinski definition) is 1. The molecule has 1 N–H and O–H groups in total. The molecule has 1 radical (unpaired) electrons. The van der Waals surface area contributed by atoms with Crippen molar-refractivity contribution >= 4 is 0 Å². The number of pyridine rings is 1. The van der Waals surface area contributed by atoms with Gasteiger partial charge in [-0.15, -0.1) is 0 Å². The molecule has 0 bridgehead atoms. The molecule has 10 heavy (non-hydrogen) atoms. The smallest absolute Gasteiger partial charge is 0.259 e.